The van der Waals surface area contributed by atoms with Gasteiger partial charge in [0, 0.05) is 40.7 Å². The van der Waals surface area contributed by atoms with Crippen LogP contribution in [0.3, 0.4) is 0 Å². The fraction of sp³-hybridized carbons (Fsp3) is 0.455. The summed E-state index contributed by atoms with van der Waals surface area (Å²) >= 11 is 3.27. The lowest BCUT2D eigenvalue weighted by atomic mass is 10.1. The molecule has 1 aliphatic heterocycles. The Bertz CT molecular complexity index is 544. The first-order valence-corrected chi connectivity index (χ1v) is 6.51. The normalized spacial score (nSPS) is 18.5. The summed E-state index contributed by atoms with van der Waals surface area (Å²) < 4.78 is 0.748. The molecule has 7 nitrogen and oxygen atoms in total. The number of pyridine rings is 1. The number of amides is 1. The third-order valence-electron chi connectivity index (χ3n) is 2.94. The Labute approximate surface area is 118 Å². The lowest BCUT2D eigenvalue weighted by Crippen LogP contribution is -2.27. The second kappa shape index (κ2) is 6.01. The highest BCUT2D eigenvalue weighted by molar-refractivity contribution is 9.10. The molecule has 1 atom stereocenters. The second-order valence-corrected chi connectivity index (χ2v) is 5.20. The first-order chi connectivity index (χ1) is 9.15. The summed E-state index contributed by atoms with van der Waals surface area (Å²) in [5.41, 5.74) is 8.89. The summed E-state index contributed by atoms with van der Waals surface area (Å²) in [4.78, 5) is 20.4. The zero-order valence-electron chi connectivity index (χ0n) is 10.0. The Hall–Kier alpha value is -1.63. The standard InChI is InChI=1S/C11H12BrN5O2/c12-9-2-8(6-18)11(14-4-9)17-5-7(1-10(17)19)3-15-16-13/h2,4,7,18H,1,3,5-6H2. The van der Waals surface area contributed by atoms with Crippen LogP contribution in [0.25, 0.3) is 10.4 Å². The van der Waals surface area contributed by atoms with Crippen molar-refractivity contribution in [2.45, 2.75) is 13.0 Å². The average molecular weight is 326 g/mol. The smallest absolute Gasteiger partial charge is 0.228 e. The minimum absolute atomic E-state index is 0.000361. The summed E-state index contributed by atoms with van der Waals surface area (Å²) in [5, 5.41) is 12.8. The van der Waals surface area contributed by atoms with Gasteiger partial charge in [-0.2, -0.15) is 0 Å². The SMILES string of the molecule is [N-]=[N+]=NCC1CC(=O)N(c2ncc(Br)cc2CO)C1. The number of rotatable bonds is 4. The minimum Gasteiger partial charge on any atom is -0.392 e. The van der Waals surface area contributed by atoms with E-state index in [1.807, 2.05) is 0 Å². The van der Waals surface area contributed by atoms with Crippen LogP contribution in [0.1, 0.15) is 12.0 Å². The molecule has 100 valence electrons. The highest BCUT2D eigenvalue weighted by Crippen LogP contribution is 2.28. The third kappa shape index (κ3) is 3.04. The maximum absolute atomic E-state index is 12.0. The molecule has 1 aromatic heterocycles. The van der Waals surface area contributed by atoms with Gasteiger partial charge in [-0.05, 0) is 33.4 Å². The van der Waals surface area contributed by atoms with E-state index in [0.717, 1.165) is 4.47 Å². The van der Waals surface area contributed by atoms with Crippen molar-refractivity contribution in [3.63, 3.8) is 0 Å². The van der Waals surface area contributed by atoms with Crippen molar-refractivity contribution >= 4 is 27.7 Å². The molecule has 8 heteroatoms. The Morgan fingerprint density at radius 3 is 3.16 bits per heavy atom. The molecule has 1 aromatic rings. The number of aliphatic hydroxyl groups is 1. The molecule has 0 aromatic carbocycles. The quantitative estimate of drug-likeness (QED) is 0.520. The van der Waals surface area contributed by atoms with Crippen LogP contribution in [0.4, 0.5) is 5.82 Å². The zero-order chi connectivity index (χ0) is 13.8. The molecular weight excluding hydrogens is 314 g/mol. The van der Waals surface area contributed by atoms with Crippen molar-refractivity contribution in [1.29, 1.82) is 0 Å². The maximum atomic E-state index is 12.0. The first-order valence-electron chi connectivity index (χ1n) is 5.72. The highest BCUT2D eigenvalue weighted by atomic mass is 79.9. The van der Waals surface area contributed by atoms with Crippen LogP contribution in [0.2, 0.25) is 0 Å². The molecule has 0 radical (unpaired) electrons. The lowest BCUT2D eigenvalue weighted by molar-refractivity contribution is -0.117. The predicted molar refractivity (Wildman–Crippen MR) is 72.3 cm³/mol. The van der Waals surface area contributed by atoms with Crippen LogP contribution in [0.15, 0.2) is 21.9 Å². The second-order valence-electron chi connectivity index (χ2n) is 4.28. The van der Waals surface area contributed by atoms with E-state index < -0.39 is 0 Å². The Balaban J connectivity index is 2.22. The van der Waals surface area contributed by atoms with E-state index in [1.54, 1.807) is 12.3 Å². The van der Waals surface area contributed by atoms with Gasteiger partial charge in [0.05, 0.1) is 6.61 Å². The number of nitrogens with zero attached hydrogens (tertiary/aromatic N) is 5. The number of hydrogen-bond acceptors (Lipinski definition) is 4. The maximum Gasteiger partial charge on any atom is 0.228 e. The van der Waals surface area contributed by atoms with E-state index >= 15 is 0 Å². The van der Waals surface area contributed by atoms with Crippen molar-refractivity contribution in [3.05, 3.63) is 32.7 Å². The Morgan fingerprint density at radius 1 is 1.68 bits per heavy atom. The molecule has 0 spiro atoms. The number of carbonyl (C=O) groups is 1. The van der Waals surface area contributed by atoms with Gasteiger partial charge in [-0.25, -0.2) is 4.98 Å². The summed E-state index contributed by atoms with van der Waals surface area (Å²) in [5.74, 6) is 0.405. The minimum atomic E-state index is -0.188. The number of azide groups is 1. The van der Waals surface area contributed by atoms with Crippen LogP contribution in [0.5, 0.6) is 0 Å². The molecule has 1 fully saturated rings. The molecule has 1 N–H and O–H groups in total. The molecule has 0 bridgehead atoms. The fourth-order valence-electron chi connectivity index (χ4n) is 2.09. The highest BCUT2D eigenvalue weighted by Gasteiger charge is 2.32. The Morgan fingerprint density at radius 2 is 2.47 bits per heavy atom. The lowest BCUT2D eigenvalue weighted by Gasteiger charge is -2.18. The number of halogens is 1. The van der Waals surface area contributed by atoms with E-state index in [1.165, 1.54) is 4.90 Å². The molecule has 19 heavy (non-hydrogen) atoms. The molecule has 1 aliphatic rings. The van der Waals surface area contributed by atoms with Crippen LogP contribution >= 0.6 is 15.9 Å². The number of aromatic nitrogens is 1. The summed E-state index contributed by atoms with van der Waals surface area (Å²) in [6.07, 6.45) is 1.92. The number of aliphatic hydroxyl groups excluding tert-OH is 1. The van der Waals surface area contributed by atoms with Crippen molar-refractivity contribution < 1.29 is 9.90 Å². The predicted octanol–water partition coefficient (Wildman–Crippen LogP) is 2.00. The van der Waals surface area contributed by atoms with Gasteiger partial charge < -0.3 is 5.11 Å². The number of carbonyl (C=O) groups excluding carboxylic acids is 1. The zero-order valence-corrected chi connectivity index (χ0v) is 11.6. The van der Waals surface area contributed by atoms with Crippen molar-refractivity contribution in [3.8, 4) is 0 Å². The molecule has 1 saturated heterocycles. The van der Waals surface area contributed by atoms with E-state index in [2.05, 4.69) is 30.9 Å². The van der Waals surface area contributed by atoms with E-state index in [0.29, 0.717) is 30.9 Å². The van der Waals surface area contributed by atoms with Crippen LogP contribution in [0, 0.1) is 5.92 Å². The largest absolute Gasteiger partial charge is 0.392 e. The first kappa shape index (κ1) is 13.8. The van der Waals surface area contributed by atoms with Gasteiger partial charge in [0.2, 0.25) is 5.91 Å². The molecule has 2 heterocycles. The summed E-state index contributed by atoms with van der Waals surface area (Å²) in [6, 6.07) is 1.73. The summed E-state index contributed by atoms with van der Waals surface area (Å²) in [6.45, 7) is 0.565. The van der Waals surface area contributed by atoms with Gasteiger partial charge in [-0.15, -0.1) is 0 Å². The van der Waals surface area contributed by atoms with Crippen LogP contribution < -0.4 is 4.90 Å². The van der Waals surface area contributed by atoms with E-state index in [-0.39, 0.29) is 18.4 Å². The molecule has 1 unspecified atom stereocenters. The van der Waals surface area contributed by atoms with Gasteiger partial charge in [0.25, 0.3) is 0 Å². The van der Waals surface area contributed by atoms with Gasteiger partial charge in [0.1, 0.15) is 5.82 Å². The molecular formula is C11H12BrN5O2. The Kier molecular flexibility index (Phi) is 4.36. The van der Waals surface area contributed by atoms with Crippen molar-refractivity contribution in [2.24, 2.45) is 11.0 Å². The van der Waals surface area contributed by atoms with Gasteiger partial charge >= 0.3 is 0 Å². The fourth-order valence-corrected chi connectivity index (χ4v) is 2.47. The average Bonchev–Trinajstić information content (AvgIpc) is 2.77. The van der Waals surface area contributed by atoms with Crippen molar-refractivity contribution in [2.75, 3.05) is 18.0 Å². The summed E-state index contributed by atoms with van der Waals surface area (Å²) in [7, 11) is 0. The molecule has 0 saturated carbocycles. The van der Waals surface area contributed by atoms with Crippen LogP contribution in [-0.2, 0) is 11.4 Å². The van der Waals surface area contributed by atoms with Crippen molar-refractivity contribution in [1.82, 2.24) is 4.98 Å². The number of hydrogen-bond donors (Lipinski definition) is 1. The molecule has 0 aliphatic carbocycles. The number of anilines is 1. The van der Waals surface area contributed by atoms with Gasteiger partial charge in [0.15, 0.2) is 0 Å². The topological polar surface area (TPSA) is 102 Å². The van der Waals surface area contributed by atoms with E-state index in [9.17, 15) is 9.90 Å². The third-order valence-corrected chi connectivity index (χ3v) is 3.38. The molecule has 2 rings (SSSR count). The van der Waals surface area contributed by atoms with E-state index in [4.69, 9.17) is 5.53 Å². The van der Waals surface area contributed by atoms with Gasteiger partial charge in [-0.1, -0.05) is 5.11 Å². The molecule has 1 amide bonds. The van der Waals surface area contributed by atoms with Gasteiger partial charge in [-0.3, -0.25) is 9.69 Å². The monoisotopic (exact) mass is 325 g/mol. The van der Waals surface area contributed by atoms with Crippen LogP contribution in [-0.4, -0.2) is 29.1 Å².